The average molecular weight is 311 g/mol. The highest BCUT2D eigenvalue weighted by Crippen LogP contribution is 2.32. The largest absolute Gasteiger partial charge is 0.493 e. The lowest BCUT2D eigenvalue weighted by molar-refractivity contribution is -0.139. The maximum atomic E-state index is 13.9. The molecule has 1 aromatic rings. The van der Waals surface area contributed by atoms with Crippen LogP contribution in [0.5, 0.6) is 11.5 Å². The number of hydrogen-bond donors (Lipinski definition) is 2. The summed E-state index contributed by atoms with van der Waals surface area (Å²) in [5, 5.41) is 11.4. The summed E-state index contributed by atoms with van der Waals surface area (Å²) < 4.78 is 24.0. The summed E-state index contributed by atoms with van der Waals surface area (Å²) in [6.45, 7) is 1.73. The third-order valence-corrected chi connectivity index (χ3v) is 2.93. The average Bonchev–Trinajstić information content (AvgIpc) is 2.50. The molecule has 0 aromatic heterocycles. The van der Waals surface area contributed by atoms with Crippen LogP contribution in [0.3, 0.4) is 0 Å². The molecule has 0 aliphatic rings. The SMILES string of the molecule is C/C=C/CC(NC(=O)c1c(F)ccc(OC)c1OC)C(=O)O. The molecule has 0 bridgehead atoms. The highest BCUT2D eigenvalue weighted by Gasteiger charge is 2.26. The second-order valence-corrected chi connectivity index (χ2v) is 4.33. The molecular weight excluding hydrogens is 293 g/mol. The van der Waals surface area contributed by atoms with E-state index in [1.165, 1.54) is 20.3 Å². The minimum absolute atomic E-state index is 0.0878. The highest BCUT2D eigenvalue weighted by atomic mass is 19.1. The van der Waals surface area contributed by atoms with E-state index < -0.39 is 29.3 Å². The number of rotatable bonds is 7. The zero-order valence-corrected chi connectivity index (χ0v) is 12.6. The van der Waals surface area contributed by atoms with Crippen molar-refractivity contribution in [2.45, 2.75) is 19.4 Å². The molecule has 0 aliphatic heterocycles. The summed E-state index contributed by atoms with van der Waals surface area (Å²) >= 11 is 0. The predicted molar refractivity (Wildman–Crippen MR) is 77.8 cm³/mol. The number of hydrogen-bond acceptors (Lipinski definition) is 4. The minimum atomic E-state index is -1.21. The number of amides is 1. The highest BCUT2D eigenvalue weighted by molar-refractivity contribution is 6.00. The molecular formula is C15H18FNO5. The van der Waals surface area contributed by atoms with Crippen molar-refractivity contribution in [2.75, 3.05) is 14.2 Å². The summed E-state index contributed by atoms with van der Waals surface area (Å²) in [5.41, 5.74) is -0.395. The molecule has 1 amide bonds. The van der Waals surface area contributed by atoms with Crippen molar-refractivity contribution >= 4 is 11.9 Å². The first-order chi connectivity index (χ1) is 10.5. The Hall–Kier alpha value is -2.57. The molecule has 0 saturated heterocycles. The van der Waals surface area contributed by atoms with Crippen molar-refractivity contribution in [3.8, 4) is 11.5 Å². The van der Waals surface area contributed by atoms with Crippen LogP contribution in [0.2, 0.25) is 0 Å². The molecule has 1 atom stereocenters. The summed E-state index contributed by atoms with van der Waals surface area (Å²) in [5.74, 6) is -2.84. The number of ether oxygens (including phenoxy) is 2. The lowest BCUT2D eigenvalue weighted by Gasteiger charge is -2.16. The fraction of sp³-hybridized carbons (Fsp3) is 0.333. The molecule has 7 heteroatoms. The van der Waals surface area contributed by atoms with Gasteiger partial charge in [0.1, 0.15) is 17.4 Å². The molecule has 120 valence electrons. The predicted octanol–water partition coefficient (Wildman–Crippen LogP) is 1.99. The maximum absolute atomic E-state index is 13.9. The Bertz CT molecular complexity index is 586. The molecule has 0 heterocycles. The minimum Gasteiger partial charge on any atom is -0.493 e. The summed E-state index contributed by atoms with van der Waals surface area (Å²) in [7, 11) is 2.62. The number of benzene rings is 1. The Morgan fingerprint density at radius 2 is 2.05 bits per heavy atom. The van der Waals surface area contributed by atoms with Crippen molar-refractivity contribution in [2.24, 2.45) is 0 Å². The first-order valence-electron chi connectivity index (χ1n) is 6.51. The molecule has 0 aliphatic carbocycles. The van der Waals surface area contributed by atoms with Crippen molar-refractivity contribution in [3.63, 3.8) is 0 Å². The molecule has 6 nitrogen and oxygen atoms in total. The molecule has 0 fully saturated rings. The Balaban J connectivity index is 3.13. The lowest BCUT2D eigenvalue weighted by Crippen LogP contribution is -2.40. The third-order valence-electron chi connectivity index (χ3n) is 2.93. The van der Waals surface area contributed by atoms with Crippen LogP contribution in [-0.2, 0) is 4.79 Å². The number of nitrogens with one attached hydrogen (secondary N) is 1. The molecule has 22 heavy (non-hydrogen) atoms. The van der Waals surface area contributed by atoms with Gasteiger partial charge in [0, 0.05) is 0 Å². The smallest absolute Gasteiger partial charge is 0.326 e. The van der Waals surface area contributed by atoms with E-state index in [2.05, 4.69) is 5.32 Å². The molecule has 0 spiro atoms. The molecule has 1 aromatic carbocycles. The maximum Gasteiger partial charge on any atom is 0.326 e. The number of aliphatic carboxylic acids is 1. The van der Waals surface area contributed by atoms with E-state index in [1.807, 2.05) is 0 Å². The summed E-state index contributed by atoms with van der Waals surface area (Å²) in [6.07, 6.45) is 3.35. The zero-order chi connectivity index (χ0) is 16.7. The van der Waals surface area contributed by atoms with Gasteiger partial charge in [-0.2, -0.15) is 0 Å². The van der Waals surface area contributed by atoms with Gasteiger partial charge in [0.05, 0.1) is 14.2 Å². The van der Waals surface area contributed by atoms with E-state index in [0.717, 1.165) is 6.07 Å². The normalized spacial score (nSPS) is 12.0. The topological polar surface area (TPSA) is 84.9 Å². The molecule has 1 rings (SSSR count). The lowest BCUT2D eigenvalue weighted by atomic mass is 10.1. The number of carbonyl (C=O) groups excluding carboxylic acids is 1. The van der Waals surface area contributed by atoms with Gasteiger partial charge in [-0.3, -0.25) is 4.79 Å². The fourth-order valence-corrected chi connectivity index (χ4v) is 1.84. The molecule has 1 unspecified atom stereocenters. The van der Waals surface area contributed by atoms with E-state index in [-0.39, 0.29) is 17.9 Å². The van der Waals surface area contributed by atoms with Gasteiger partial charge in [-0.25, -0.2) is 9.18 Å². The van der Waals surface area contributed by atoms with Gasteiger partial charge < -0.3 is 19.9 Å². The van der Waals surface area contributed by atoms with Crippen LogP contribution in [0.1, 0.15) is 23.7 Å². The van der Waals surface area contributed by atoms with Crippen LogP contribution in [0.25, 0.3) is 0 Å². The van der Waals surface area contributed by atoms with Gasteiger partial charge in [-0.1, -0.05) is 12.2 Å². The Labute approximate surface area is 127 Å². The molecule has 0 saturated carbocycles. The van der Waals surface area contributed by atoms with E-state index in [0.29, 0.717) is 0 Å². The first kappa shape index (κ1) is 17.5. The summed E-state index contributed by atoms with van der Waals surface area (Å²) in [4.78, 5) is 23.4. The van der Waals surface area contributed by atoms with Gasteiger partial charge in [0.15, 0.2) is 11.5 Å². The van der Waals surface area contributed by atoms with Gasteiger partial charge in [-0.15, -0.1) is 0 Å². The van der Waals surface area contributed by atoms with Crippen LogP contribution in [0, 0.1) is 5.82 Å². The first-order valence-corrected chi connectivity index (χ1v) is 6.51. The van der Waals surface area contributed by atoms with Crippen LogP contribution in [0.4, 0.5) is 4.39 Å². The van der Waals surface area contributed by atoms with Crippen LogP contribution in [-0.4, -0.2) is 37.2 Å². The van der Waals surface area contributed by atoms with Crippen molar-refractivity contribution in [1.82, 2.24) is 5.32 Å². The number of carbonyl (C=O) groups is 2. The Morgan fingerprint density at radius 1 is 1.36 bits per heavy atom. The molecule has 2 N–H and O–H groups in total. The summed E-state index contributed by atoms with van der Waals surface area (Å²) in [6, 6.07) is 1.20. The monoisotopic (exact) mass is 311 g/mol. The van der Waals surface area contributed by atoms with Gasteiger partial charge in [0.25, 0.3) is 5.91 Å². The van der Waals surface area contributed by atoms with Crippen LogP contribution in [0.15, 0.2) is 24.3 Å². The number of carboxylic acids is 1. The number of methoxy groups -OCH3 is 2. The van der Waals surface area contributed by atoms with Crippen LogP contribution >= 0.6 is 0 Å². The second-order valence-electron chi connectivity index (χ2n) is 4.33. The van der Waals surface area contributed by atoms with E-state index in [4.69, 9.17) is 14.6 Å². The zero-order valence-electron chi connectivity index (χ0n) is 12.6. The standard InChI is InChI=1S/C15H18FNO5/c1-4-5-6-10(15(19)20)17-14(18)12-9(16)7-8-11(21-2)13(12)22-3/h4-5,7-8,10H,6H2,1-3H3,(H,17,18)(H,19,20)/b5-4+. The van der Waals surface area contributed by atoms with Crippen molar-refractivity contribution in [1.29, 1.82) is 0 Å². The Kier molecular flexibility index (Phi) is 6.37. The van der Waals surface area contributed by atoms with Gasteiger partial charge in [-0.05, 0) is 25.5 Å². The third kappa shape index (κ3) is 3.97. The second kappa shape index (κ2) is 8.02. The Morgan fingerprint density at radius 3 is 2.55 bits per heavy atom. The quantitative estimate of drug-likeness (QED) is 0.752. The number of allylic oxidation sites excluding steroid dienone is 1. The number of halogens is 1. The van der Waals surface area contributed by atoms with Crippen LogP contribution < -0.4 is 14.8 Å². The number of carboxylic acid groups (broad SMARTS) is 1. The van der Waals surface area contributed by atoms with Gasteiger partial charge in [0.2, 0.25) is 0 Å². The van der Waals surface area contributed by atoms with E-state index >= 15 is 0 Å². The van der Waals surface area contributed by atoms with Gasteiger partial charge >= 0.3 is 5.97 Å². The van der Waals surface area contributed by atoms with E-state index in [9.17, 15) is 14.0 Å². The van der Waals surface area contributed by atoms with Crippen molar-refractivity contribution in [3.05, 3.63) is 35.7 Å². The van der Waals surface area contributed by atoms with Crippen molar-refractivity contribution < 1.29 is 28.6 Å². The van der Waals surface area contributed by atoms with E-state index in [1.54, 1.807) is 19.1 Å². The fourth-order valence-electron chi connectivity index (χ4n) is 1.84. The molecule has 0 radical (unpaired) electrons.